The third kappa shape index (κ3) is 5.78. The van der Waals surface area contributed by atoms with Crippen LogP contribution in [0.25, 0.3) is 0 Å². The topological polar surface area (TPSA) is 50.4 Å². The molecule has 0 heterocycles. The van der Waals surface area contributed by atoms with Crippen molar-refractivity contribution in [2.24, 2.45) is 5.92 Å². The number of nitrogens with one attached hydrogen (secondary N) is 2. The van der Waals surface area contributed by atoms with Crippen LogP contribution in [0.1, 0.15) is 25.5 Å². The van der Waals surface area contributed by atoms with E-state index in [0.717, 1.165) is 17.0 Å². The number of para-hydroxylation sites is 1. The molecule has 0 saturated heterocycles. The van der Waals surface area contributed by atoms with Crippen molar-refractivity contribution in [3.63, 3.8) is 0 Å². The number of benzene rings is 2. The highest BCUT2D eigenvalue weighted by atomic mass is 35.5. The Balaban J connectivity index is 0.00000288. The summed E-state index contributed by atoms with van der Waals surface area (Å²) in [5.74, 6) is 1.08. The quantitative estimate of drug-likeness (QED) is 0.793. The SMILES string of the molecule is COc1ccc(C(NC(=O)CNc2ccccc2)C(C)C)cc1.Cl. The summed E-state index contributed by atoms with van der Waals surface area (Å²) in [6, 6.07) is 17.5. The zero-order valence-electron chi connectivity index (χ0n) is 14.3. The maximum absolute atomic E-state index is 12.2. The average Bonchev–Trinajstić information content (AvgIpc) is 2.58. The van der Waals surface area contributed by atoms with Gasteiger partial charge in [0.2, 0.25) is 5.91 Å². The van der Waals surface area contributed by atoms with Gasteiger partial charge in [-0.2, -0.15) is 0 Å². The Morgan fingerprint density at radius 1 is 1.04 bits per heavy atom. The van der Waals surface area contributed by atoms with Crippen LogP contribution < -0.4 is 15.4 Å². The summed E-state index contributed by atoms with van der Waals surface area (Å²) < 4.78 is 5.18. The second kappa shape index (κ2) is 9.83. The molecule has 0 aliphatic heterocycles. The predicted octanol–water partition coefficient (Wildman–Crippen LogP) is 4.04. The van der Waals surface area contributed by atoms with Gasteiger partial charge in [0.15, 0.2) is 0 Å². The van der Waals surface area contributed by atoms with Crippen molar-refractivity contribution in [3.8, 4) is 5.75 Å². The van der Waals surface area contributed by atoms with Gasteiger partial charge in [0.05, 0.1) is 19.7 Å². The van der Waals surface area contributed by atoms with Gasteiger partial charge >= 0.3 is 0 Å². The van der Waals surface area contributed by atoms with Crippen LogP contribution >= 0.6 is 12.4 Å². The Labute approximate surface area is 150 Å². The van der Waals surface area contributed by atoms with Gasteiger partial charge in [0, 0.05) is 5.69 Å². The van der Waals surface area contributed by atoms with Crippen LogP contribution in [-0.4, -0.2) is 19.6 Å². The van der Waals surface area contributed by atoms with Crippen molar-refractivity contribution in [3.05, 3.63) is 60.2 Å². The molecule has 0 radical (unpaired) electrons. The molecule has 0 spiro atoms. The van der Waals surface area contributed by atoms with Crippen molar-refractivity contribution in [1.82, 2.24) is 5.32 Å². The van der Waals surface area contributed by atoms with Crippen LogP contribution in [0.5, 0.6) is 5.75 Å². The maximum atomic E-state index is 12.2. The zero-order chi connectivity index (χ0) is 16.7. The lowest BCUT2D eigenvalue weighted by molar-refractivity contribution is -0.120. The average molecular weight is 349 g/mol. The van der Waals surface area contributed by atoms with Crippen LogP contribution in [0.4, 0.5) is 5.69 Å². The number of anilines is 1. The van der Waals surface area contributed by atoms with Crippen LogP contribution in [-0.2, 0) is 4.79 Å². The van der Waals surface area contributed by atoms with Crippen molar-refractivity contribution in [2.45, 2.75) is 19.9 Å². The molecule has 2 aromatic rings. The lowest BCUT2D eigenvalue weighted by Gasteiger charge is -2.23. The molecular weight excluding hydrogens is 324 g/mol. The Hall–Kier alpha value is -2.20. The Morgan fingerprint density at radius 2 is 1.67 bits per heavy atom. The van der Waals surface area contributed by atoms with Crippen LogP contribution in [0, 0.1) is 5.92 Å². The molecule has 1 unspecified atom stereocenters. The van der Waals surface area contributed by atoms with E-state index in [1.807, 2.05) is 54.6 Å². The van der Waals surface area contributed by atoms with Crippen molar-refractivity contribution < 1.29 is 9.53 Å². The van der Waals surface area contributed by atoms with Crippen molar-refractivity contribution >= 4 is 24.0 Å². The van der Waals surface area contributed by atoms with Gasteiger partial charge in [-0.25, -0.2) is 0 Å². The lowest BCUT2D eigenvalue weighted by Crippen LogP contribution is -2.35. The minimum Gasteiger partial charge on any atom is -0.497 e. The fourth-order valence-corrected chi connectivity index (χ4v) is 2.41. The van der Waals surface area contributed by atoms with Gasteiger partial charge in [-0.15, -0.1) is 12.4 Å². The standard InChI is InChI=1S/C19H24N2O2.ClH/c1-14(2)19(15-9-11-17(23-3)12-10-15)21-18(22)13-20-16-7-5-4-6-8-16;/h4-12,14,19-20H,13H2,1-3H3,(H,21,22);1H. The van der Waals surface area contributed by atoms with E-state index in [-0.39, 0.29) is 30.9 Å². The summed E-state index contributed by atoms with van der Waals surface area (Å²) in [6.07, 6.45) is 0. The lowest BCUT2D eigenvalue weighted by atomic mass is 9.96. The third-order valence-corrected chi connectivity index (χ3v) is 3.68. The number of carbonyl (C=O) groups excluding carboxylic acids is 1. The molecule has 24 heavy (non-hydrogen) atoms. The minimum absolute atomic E-state index is 0. The molecule has 4 nitrogen and oxygen atoms in total. The molecule has 0 aliphatic carbocycles. The summed E-state index contributed by atoms with van der Waals surface area (Å²) in [5.41, 5.74) is 2.02. The molecule has 1 amide bonds. The van der Waals surface area contributed by atoms with Crippen molar-refractivity contribution in [2.75, 3.05) is 19.0 Å². The molecule has 0 aliphatic rings. The number of hydrogen-bond donors (Lipinski definition) is 2. The minimum atomic E-state index is -0.0247. The van der Waals surface area contributed by atoms with E-state index in [0.29, 0.717) is 5.92 Å². The smallest absolute Gasteiger partial charge is 0.239 e. The molecule has 2 N–H and O–H groups in total. The summed E-state index contributed by atoms with van der Waals surface area (Å²) in [6.45, 7) is 4.45. The van der Waals surface area contributed by atoms with Gasteiger partial charge in [0.1, 0.15) is 5.75 Å². The van der Waals surface area contributed by atoms with Gasteiger partial charge in [-0.1, -0.05) is 44.2 Å². The first-order valence-electron chi connectivity index (χ1n) is 7.82. The number of halogens is 1. The third-order valence-electron chi connectivity index (χ3n) is 3.68. The van der Waals surface area contributed by atoms with Gasteiger partial charge < -0.3 is 15.4 Å². The Kier molecular flexibility index (Phi) is 8.13. The maximum Gasteiger partial charge on any atom is 0.239 e. The number of methoxy groups -OCH3 is 1. The highest BCUT2D eigenvalue weighted by Crippen LogP contribution is 2.23. The van der Waals surface area contributed by atoms with Gasteiger partial charge in [-0.3, -0.25) is 4.79 Å². The number of rotatable bonds is 7. The first-order valence-corrected chi connectivity index (χ1v) is 7.82. The Morgan fingerprint density at radius 3 is 2.21 bits per heavy atom. The predicted molar refractivity (Wildman–Crippen MR) is 101 cm³/mol. The first-order chi connectivity index (χ1) is 11.1. The van der Waals surface area contributed by atoms with E-state index in [9.17, 15) is 4.79 Å². The fourth-order valence-electron chi connectivity index (χ4n) is 2.41. The van der Waals surface area contributed by atoms with E-state index in [4.69, 9.17) is 4.74 Å². The van der Waals surface area contributed by atoms with Crippen molar-refractivity contribution in [1.29, 1.82) is 0 Å². The summed E-state index contributed by atoms with van der Waals surface area (Å²) >= 11 is 0. The molecule has 5 heteroatoms. The van der Waals surface area contributed by atoms with E-state index >= 15 is 0 Å². The first kappa shape index (κ1) is 19.8. The van der Waals surface area contributed by atoms with Gasteiger partial charge in [0.25, 0.3) is 0 Å². The molecule has 0 bridgehead atoms. The summed E-state index contributed by atoms with van der Waals surface area (Å²) in [5, 5.41) is 6.22. The van der Waals surface area contributed by atoms with E-state index in [2.05, 4.69) is 24.5 Å². The van der Waals surface area contributed by atoms with E-state index in [1.165, 1.54) is 0 Å². The second-order valence-electron chi connectivity index (χ2n) is 5.78. The largest absolute Gasteiger partial charge is 0.497 e. The van der Waals surface area contributed by atoms with Gasteiger partial charge in [-0.05, 0) is 35.7 Å². The van der Waals surface area contributed by atoms with Crippen LogP contribution in [0.15, 0.2) is 54.6 Å². The number of carbonyl (C=O) groups is 1. The monoisotopic (exact) mass is 348 g/mol. The number of ether oxygens (including phenoxy) is 1. The number of amides is 1. The molecular formula is C19H25ClN2O2. The summed E-state index contributed by atoms with van der Waals surface area (Å²) in [4.78, 5) is 12.2. The normalized spacial score (nSPS) is 11.3. The zero-order valence-corrected chi connectivity index (χ0v) is 15.1. The molecule has 2 rings (SSSR count). The van der Waals surface area contributed by atoms with E-state index in [1.54, 1.807) is 7.11 Å². The molecule has 130 valence electrons. The van der Waals surface area contributed by atoms with Crippen LogP contribution in [0.3, 0.4) is 0 Å². The molecule has 0 fully saturated rings. The highest BCUT2D eigenvalue weighted by Gasteiger charge is 2.18. The number of hydrogen-bond acceptors (Lipinski definition) is 3. The van der Waals surface area contributed by atoms with E-state index < -0.39 is 0 Å². The molecule has 1 atom stereocenters. The molecule has 2 aromatic carbocycles. The highest BCUT2D eigenvalue weighted by molar-refractivity contribution is 5.85. The summed E-state index contributed by atoms with van der Waals surface area (Å²) in [7, 11) is 1.64. The second-order valence-corrected chi connectivity index (χ2v) is 5.78. The molecule has 0 saturated carbocycles. The molecule has 0 aromatic heterocycles. The Bertz CT molecular complexity index is 615. The fraction of sp³-hybridized carbons (Fsp3) is 0.316. The van der Waals surface area contributed by atoms with Crippen LogP contribution in [0.2, 0.25) is 0 Å².